The van der Waals surface area contributed by atoms with E-state index in [4.69, 9.17) is 11.6 Å². The number of carbonyl (C=O) groups excluding carboxylic acids is 2. The zero-order valence-corrected chi connectivity index (χ0v) is 13.9. The molecule has 1 amide bonds. The van der Waals surface area contributed by atoms with Crippen LogP contribution in [0.4, 0.5) is 0 Å². The molecule has 1 heterocycles. The first-order valence-electron chi connectivity index (χ1n) is 6.90. The van der Waals surface area contributed by atoms with Crippen LogP contribution in [-0.4, -0.2) is 44.6 Å². The molecule has 0 radical (unpaired) electrons. The quantitative estimate of drug-likeness (QED) is 0.877. The molecular formula is C15H15ClN2O4S. The maximum Gasteiger partial charge on any atom is 0.329 e. The van der Waals surface area contributed by atoms with Crippen molar-refractivity contribution < 1.29 is 19.5 Å². The Morgan fingerprint density at radius 2 is 2.09 bits per heavy atom. The summed E-state index contributed by atoms with van der Waals surface area (Å²) in [7, 11) is 0. The van der Waals surface area contributed by atoms with Crippen LogP contribution in [0.15, 0.2) is 29.4 Å². The fourth-order valence-electron chi connectivity index (χ4n) is 2.19. The number of hydrogen-bond acceptors (Lipinski definition) is 5. The largest absolute Gasteiger partial charge is 0.480 e. The lowest BCUT2D eigenvalue weighted by molar-refractivity contribution is -0.148. The van der Waals surface area contributed by atoms with Crippen LogP contribution in [-0.2, 0) is 14.4 Å². The van der Waals surface area contributed by atoms with Gasteiger partial charge in [0.05, 0.1) is 5.71 Å². The van der Waals surface area contributed by atoms with Crippen LogP contribution in [0.5, 0.6) is 0 Å². The molecule has 1 aliphatic rings. The normalized spacial score (nSPS) is 17.0. The third-order valence-corrected chi connectivity index (χ3v) is 4.40. The van der Waals surface area contributed by atoms with Gasteiger partial charge >= 0.3 is 5.97 Å². The van der Waals surface area contributed by atoms with Crippen molar-refractivity contribution in [2.45, 2.75) is 25.8 Å². The van der Waals surface area contributed by atoms with Gasteiger partial charge in [-0.2, -0.15) is 5.10 Å². The number of amides is 1. The zero-order valence-electron chi connectivity index (χ0n) is 12.4. The monoisotopic (exact) mass is 354 g/mol. The number of hydrazone groups is 1. The van der Waals surface area contributed by atoms with Crippen LogP contribution in [0.3, 0.4) is 0 Å². The number of carbonyl (C=O) groups is 3. The fraction of sp³-hybridized carbons (Fsp3) is 0.333. The van der Waals surface area contributed by atoms with Crippen molar-refractivity contribution in [2.24, 2.45) is 5.10 Å². The van der Waals surface area contributed by atoms with Crippen molar-refractivity contribution in [1.82, 2.24) is 5.01 Å². The zero-order chi connectivity index (χ0) is 17.0. The number of rotatable bonds is 5. The Bertz CT molecular complexity index is 677. The van der Waals surface area contributed by atoms with Crippen LogP contribution < -0.4 is 0 Å². The molecular weight excluding hydrogens is 340 g/mol. The average molecular weight is 355 g/mol. The number of benzene rings is 1. The Hall–Kier alpha value is -1.86. The highest BCUT2D eigenvalue weighted by Crippen LogP contribution is 2.25. The minimum absolute atomic E-state index is 0.0489. The third-order valence-electron chi connectivity index (χ3n) is 3.26. The van der Waals surface area contributed by atoms with E-state index in [1.165, 1.54) is 6.92 Å². The molecule has 0 aliphatic carbocycles. The number of hydrogen-bond donors (Lipinski definition) is 1. The number of nitrogens with zero attached hydrogens (tertiary/aromatic N) is 2. The van der Waals surface area contributed by atoms with E-state index >= 15 is 0 Å². The van der Waals surface area contributed by atoms with E-state index in [-0.39, 0.29) is 18.0 Å². The predicted octanol–water partition coefficient (Wildman–Crippen LogP) is 2.40. The highest BCUT2D eigenvalue weighted by Gasteiger charge is 2.37. The standard InChI is InChI=1S/C15H15ClN2O4S/c1-9(19)23-7-6-14(20)18-13(15(21)22)8-12(17-18)10-4-2-3-5-11(10)16/h2-5,13H,6-8H2,1H3,(H,21,22). The molecule has 0 saturated heterocycles. The molecule has 0 fully saturated rings. The number of carboxylic acid groups (broad SMARTS) is 1. The SMILES string of the molecule is CC(=O)SCCC(=O)N1N=C(c2ccccc2Cl)CC1C(=O)O. The Morgan fingerprint density at radius 3 is 2.70 bits per heavy atom. The summed E-state index contributed by atoms with van der Waals surface area (Å²) in [6.45, 7) is 1.42. The van der Waals surface area contributed by atoms with Crippen molar-refractivity contribution >= 4 is 46.1 Å². The lowest BCUT2D eigenvalue weighted by Gasteiger charge is -2.17. The minimum atomic E-state index is -1.12. The summed E-state index contributed by atoms with van der Waals surface area (Å²) < 4.78 is 0. The van der Waals surface area contributed by atoms with Crippen molar-refractivity contribution in [3.8, 4) is 0 Å². The molecule has 1 aliphatic heterocycles. The summed E-state index contributed by atoms with van der Waals surface area (Å²) in [5, 5.41) is 14.8. The van der Waals surface area contributed by atoms with Gasteiger partial charge in [0, 0.05) is 36.1 Å². The highest BCUT2D eigenvalue weighted by atomic mass is 35.5. The Kier molecular flexibility index (Phi) is 5.79. The molecule has 0 aromatic heterocycles. The predicted molar refractivity (Wildman–Crippen MR) is 88.6 cm³/mol. The van der Waals surface area contributed by atoms with E-state index in [0.29, 0.717) is 22.1 Å². The second-order valence-corrected chi connectivity index (χ2v) is 6.59. The summed E-state index contributed by atoms with van der Waals surface area (Å²) in [6, 6.07) is 5.91. The van der Waals surface area contributed by atoms with Crippen LogP contribution in [0.2, 0.25) is 5.02 Å². The fourth-order valence-corrected chi connectivity index (χ4v) is 3.00. The highest BCUT2D eigenvalue weighted by molar-refractivity contribution is 8.13. The molecule has 1 atom stereocenters. The van der Waals surface area contributed by atoms with Gasteiger partial charge in [0.2, 0.25) is 5.91 Å². The molecule has 0 saturated carbocycles. The molecule has 8 heteroatoms. The summed E-state index contributed by atoms with van der Waals surface area (Å²) in [5.74, 6) is -1.25. The van der Waals surface area contributed by atoms with Gasteiger partial charge in [-0.05, 0) is 6.07 Å². The molecule has 122 valence electrons. The van der Waals surface area contributed by atoms with E-state index < -0.39 is 17.9 Å². The second kappa shape index (κ2) is 7.61. The summed E-state index contributed by atoms with van der Waals surface area (Å²) in [5.41, 5.74) is 1.09. The number of aliphatic carboxylic acids is 1. The first-order chi connectivity index (χ1) is 10.9. The minimum Gasteiger partial charge on any atom is -0.480 e. The van der Waals surface area contributed by atoms with E-state index in [1.54, 1.807) is 24.3 Å². The van der Waals surface area contributed by atoms with Crippen molar-refractivity contribution in [2.75, 3.05) is 5.75 Å². The average Bonchev–Trinajstić information content (AvgIpc) is 2.92. The van der Waals surface area contributed by atoms with Gasteiger partial charge in [-0.3, -0.25) is 9.59 Å². The van der Waals surface area contributed by atoms with E-state index in [1.807, 2.05) is 0 Å². The van der Waals surface area contributed by atoms with Gasteiger partial charge in [0.15, 0.2) is 11.2 Å². The molecule has 2 rings (SSSR count). The Balaban J connectivity index is 2.18. The number of carboxylic acids is 1. The van der Waals surface area contributed by atoms with Gasteiger partial charge in [-0.25, -0.2) is 9.80 Å². The van der Waals surface area contributed by atoms with Crippen molar-refractivity contribution in [3.63, 3.8) is 0 Å². The van der Waals surface area contributed by atoms with E-state index in [9.17, 15) is 19.5 Å². The smallest absolute Gasteiger partial charge is 0.329 e. The van der Waals surface area contributed by atoms with Gasteiger partial charge in [-0.15, -0.1) is 0 Å². The number of thioether (sulfide) groups is 1. The second-order valence-electron chi connectivity index (χ2n) is 4.91. The van der Waals surface area contributed by atoms with Crippen LogP contribution >= 0.6 is 23.4 Å². The third kappa shape index (κ3) is 4.33. The topological polar surface area (TPSA) is 87.0 Å². The maximum absolute atomic E-state index is 12.2. The summed E-state index contributed by atoms with van der Waals surface area (Å²) in [6.07, 6.45) is 0.151. The van der Waals surface area contributed by atoms with E-state index in [0.717, 1.165) is 16.8 Å². The van der Waals surface area contributed by atoms with Gasteiger partial charge in [0.25, 0.3) is 0 Å². The van der Waals surface area contributed by atoms with Crippen LogP contribution in [0, 0.1) is 0 Å². The number of halogens is 1. The summed E-state index contributed by atoms with van der Waals surface area (Å²) in [4.78, 5) is 34.5. The van der Waals surface area contributed by atoms with Gasteiger partial charge in [-0.1, -0.05) is 41.6 Å². The molecule has 0 spiro atoms. The van der Waals surface area contributed by atoms with Crippen LogP contribution in [0.1, 0.15) is 25.3 Å². The molecule has 0 bridgehead atoms. The maximum atomic E-state index is 12.2. The van der Waals surface area contributed by atoms with Crippen LogP contribution in [0.25, 0.3) is 0 Å². The lowest BCUT2D eigenvalue weighted by Crippen LogP contribution is -2.38. The van der Waals surface area contributed by atoms with E-state index in [2.05, 4.69) is 5.10 Å². The molecule has 6 nitrogen and oxygen atoms in total. The molecule has 1 N–H and O–H groups in total. The summed E-state index contributed by atoms with van der Waals surface area (Å²) >= 11 is 7.13. The Labute approximate surface area is 142 Å². The first-order valence-corrected chi connectivity index (χ1v) is 8.27. The molecule has 1 unspecified atom stereocenters. The molecule has 23 heavy (non-hydrogen) atoms. The van der Waals surface area contributed by atoms with Crippen molar-refractivity contribution in [1.29, 1.82) is 0 Å². The lowest BCUT2D eigenvalue weighted by atomic mass is 10.0. The van der Waals surface area contributed by atoms with Crippen molar-refractivity contribution in [3.05, 3.63) is 34.9 Å². The van der Waals surface area contributed by atoms with Gasteiger partial charge in [0.1, 0.15) is 0 Å². The van der Waals surface area contributed by atoms with Gasteiger partial charge < -0.3 is 5.11 Å². The first kappa shape index (κ1) is 17.5. The molecule has 1 aromatic rings. The Morgan fingerprint density at radius 1 is 1.39 bits per heavy atom. The molecule has 1 aromatic carbocycles.